The maximum absolute atomic E-state index is 13.4. The molecule has 0 bridgehead atoms. The molecule has 6 nitrogen and oxygen atoms in total. The summed E-state index contributed by atoms with van der Waals surface area (Å²) in [6.07, 6.45) is 7.66. The summed E-state index contributed by atoms with van der Waals surface area (Å²) >= 11 is 0. The molecule has 4 rings (SSSR count). The predicted octanol–water partition coefficient (Wildman–Crippen LogP) is 4.92. The van der Waals surface area contributed by atoms with Crippen LogP contribution in [0.4, 0.5) is 0 Å². The number of aromatic nitrogens is 5. The molecule has 1 N–H and O–H groups in total. The van der Waals surface area contributed by atoms with Gasteiger partial charge in [0.15, 0.2) is 0 Å². The molecule has 0 aliphatic carbocycles. The topological polar surface area (TPSA) is 76.5 Å². The van der Waals surface area contributed by atoms with Gasteiger partial charge in [0.25, 0.3) is 5.91 Å². The van der Waals surface area contributed by atoms with Gasteiger partial charge < -0.3 is 0 Å². The van der Waals surface area contributed by atoms with E-state index in [2.05, 4.69) is 27.5 Å². The standard InChI is InChI=1S/C22H21N5O/c1-3-5-9-15(8-4-2)22(28)27-19-11-7-6-10-17(19)18-14-16(12-13-20(18)27)21-23-25-26-24-21/h4,6-14H,3,5H2,1-2H3,(H,23,24,25,26)/b8-4-,15-9+. The largest absolute Gasteiger partial charge is 0.276 e. The van der Waals surface area contributed by atoms with Crippen LogP contribution in [0.15, 0.2) is 66.3 Å². The predicted molar refractivity (Wildman–Crippen MR) is 111 cm³/mol. The van der Waals surface area contributed by atoms with Crippen molar-refractivity contribution in [2.24, 2.45) is 0 Å². The minimum absolute atomic E-state index is 0.0231. The number of unbranched alkanes of at least 4 members (excludes halogenated alkanes) is 1. The molecule has 0 unspecified atom stereocenters. The van der Waals surface area contributed by atoms with Gasteiger partial charge in [0, 0.05) is 21.9 Å². The molecular formula is C22H21N5O. The zero-order chi connectivity index (χ0) is 19.5. The number of carbonyl (C=O) groups is 1. The molecule has 0 amide bonds. The van der Waals surface area contributed by atoms with E-state index in [4.69, 9.17) is 0 Å². The van der Waals surface area contributed by atoms with Crippen LogP contribution in [0.5, 0.6) is 0 Å². The van der Waals surface area contributed by atoms with Crippen LogP contribution in [-0.2, 0) is 0 Å². The van der Waals surface area contributed by atoms with E-state index in [1.807, 2.05) is 67.6 Å². The fourth-order valence-corrected chi connectivity index (χ4v) is 3.45. The summed E-state index contributed by atoms with van der Waals surface area (Å²) in [6.45, 7) is 4.03. The van der Waals surface area contributed by atoms with Crippen molar-refractivity contribution in [2.45, 2.75) is 26.7 Å². The number of allylic oxidation sites excluding steroid dienone is 4. The molecular weight excluding hydrogens is 350 g/mol. The Morgan fingerprint density at radius 1 is 1.14 bits per heavy atom. The van der Waals surface area contributed by atoms with Crippen molar-refractivity contribution in [3.05, 3.63) is 66.3 Å². The van der Waals surface area contributed by atoms with Crippen LogP contribution >= 0.6 is 0 Å². The quantitative estimate of drug-likeness (QED) is 0.399. The highest BCUT2D eigenvalue weighted by molar-refractivity contribution is 6.17. The van der Waals surface area contributed by atoms with Gasteiger partial charge in [-0.25, -0.2) is 0 Å². The normalized spacial score (nSPS) is 12.4. The fraction of sp³-hybridized carbons (Fsp3) is 0.182. The molecule has 0 radical (unpaired) electrons. The smallest absolute Gasteiger partial charge is 0.262 e. The summed E-state index contributed by atoms with van der Waals surface area (Å²) < 4.78 is 1.80. The number of rotatable bonds is 5. The molecule has 0 saturated carbocycles. The Balaban J connectivity index is 1.96. The number of benzene rings is 2. The molecule has 0 aliphatic rings. The number of H-pyrrole nitrogens is 1. The third-order valence-electron chi connectivity index (χ3n) is 4.73. The summed E-state index contributed by atoms with van der Waals surface area (Å²) in [5.74, 6) is 0.507. The Labute approximate surface area is 162 Å². The molecule has 6 heteroatoms. The minimum atomic E-state index is -0.0231. The molecule has 2 aromatic heterocycles. The Morgan fingerprint density at radius 2 is 1.96 bits per heavy atom. The lowest BCUT2D eigenvalue weighted by Gasteiger charge is -2.07. The maximum atomic E-state index is 13.4. The highest BCUT2D eigenvalue weighted by Gasteiger charge is 2.18. The Kier molecular flexibility index (Phi) is 4.85. The first-order valence-electron chi connectivity index (χ1n) is 9.39. The number of nitrogens with one attached hydrogen (secondary N) is 1. The van der Waals surface area contributed by atoms with Gasteiger partial charge in [-0.3, -0.25) is 9.36 Å². The maximum Gasteiger partial charge on any atom is 0.262 e. The lowest BCUT2D eigenvalue weighted by molar-refractivity contribution is 0.0968. The monoisotopic (exact) mass is 371 g/mol. The molecule has 2 aromatic carbocycles. The molecule has 140 valence electrons. The second-order valence-electron chi connectivity index (χ2n) is 6.57. The van der Waals surface area contributed by atoms with E-state index >= 15 is 0 Å². The summed E-state index contributed by atoms with van der Waals surface area (Å²) in [5, 5.41) is 16.2. The van der Waals surface area contributed by atoms with Crippen molar-refractivity contribution in [1.29, 1.82) is 0 Å². The van der Waals surface area contributed by atoms with Crippen LogP contribution in [-0.4, -0.2) is 31.1 Å². The van der Waals surface area contributed by atoms with Crippen LogP contribution < -0.4 is 0 Å². The number of carbonyl (C=O) groups excluding carboxylic acids is 1. The van der Waals surface area contributed by atoms with Crippen molar-refractivity contribution in [3.8, 4) is 11.4 Å². The summed E-state index contributed by atoms with van der Waals surface area (Å²) in [6, 6.07) is 13.8. The van der Waals surface area contributed by atoms with Crippen molar-refractivity contribution in [1.82, 2.24) is 25.2 Å². The van der Waals surface area contributed by atoms with Crippen LogP contribution in [0.2, 0.25) is 0 Å². The summed E-state index contributed by atoms with van der Waals surface area (Å²) in [5.41, 5.74) is 3.31. The first-order chi connectivity index (χ1) is 13.7. The molecule has 4 aromatic rings. The Morgan fingerprint density at radius 3 is 2.71 bits per heavy atom. The molecule has 2 heterocycles. The third kappa shape index (κ3) is 3.03. The van der Waals surface area contributed by atoms with Crippen LogP contribution in [0, 0.1) is 0 Å². The van der Waals surface area contributed by atoms with Gasteiger partial charge in [-0.05, 0) is 42.8 Å². The van der Waals surface area contributed by atoms with Gasteiger partial charge in [0.1, 0.15) is 0 Å². The lowest BCUT2D eigenvalue weighted by atomic mass is 10.1. The van der Waals surface area contributed by atoms with Gasteiger partial charge in [-0.2, -0.15) is 5.21 Å². The molecule has 0 atom stereocenters. The summed E-state index contributed by atoms with van der Waals surface area (Å²) in [4.78, 5) is 13.4. The van der Waals surface area contributed by atoms with Crippen molar-refractivity contribution >= 4 is 27.7 Å². The zero-order valence-corrected chi connectivity index (χ0v) is 15.9. The van der Waals surface area contributed by atoms with Crippen molar-refractivity contribution in [3.63, 3.8) is 0 Å². The van der Waals surface area contributed by atoms with Crippen LogP contribution in [0.1, 0.15) is 31.5 Å². The van der Waals surface area contributed by atoms with Crippen molar-refractivity contribution in [2.75, 3.05) is 0 Å². The van der Waals surface area contributed by atoms with E-state index < -0.39 is 0 Å². The number of para-hydroxylation sites is 1. The van der Waals surface area contributed by atoms with Gasteiger partial charge in [-0.1, -0.05) is 49.8 Å². The van der Waals surface area contributed by atoms with Gasteiger partial charge in [0.05, 0.1) is 11.0 Å². The molecule has 28 heavy (non-hydrogen) atoms. The first kappa shape index (κ1) is 17.9. The average Bonchev–Trinajstić information content (AvgIpc) is 3.36. The Hall–Kier alpha value is -3.54. The van der Waals surface area contributed by atoms with E-state index in [0.29, 0.717) is 11.4 Å². The average molecular weight is 371 g/mol. The third-order valence-corrected chi connectivity index (χ3v) is 4.73. The van der Waals surface area contributed by atoms with Gasteiger partial charge >= 0.3 is 0 Å². The highest BCUT2D eigenvalue weighted by Crippen LogP contribution is 2.32. The molecule has 0 spiro atoms. The molecule has 0 saturated heterocycles. The van der Waals surface area contributed by atoms with Crippen LogP contribution in [0.3, 0.4) is 0 Å². The second kappa shape index (κ2) is 7.60. The number of aromatic amines is 1. The number of nitrogens with zero attached hydrogens (tertiary/aromatic N) is 4. The summed E-state index contributed by atoms with van der Waals surface area (Å²) in [7, 11) is 0. The lowest BCUT2D eigenvalue weighted by Crippen LogP contribution is -2.12. The highest BCUT2D eigenvalue weighted by atomic mass is 16.2. The molecule has 0 aliphatic heterocycles. The number of hydrogen-bond acceptors (Lipinski definition) is 4. The van der Waals surface area contributed by atoms with E-state index in [0.717, 1.165) is 40.2 Å². The second-order valence-corrected chi connectivity index (χ2v) is 6.57. The van der Waals surface area contributed by atoms with E-state index in [9.17, 15) is 4.79 Å². The van der Waals surface area contributed by atoms with E-state index in [1.54, 1.807) is 4.57 Å². The van der Waals surface area contributed by atoms with E-state index in [-0.39, 0.29) is 5.91 Å². The van der Waals surface area contributed by atoms with Gasteiger partial charge in [0.2, 0.25) is 5.82 Å². The SMILES string of the molecule is C/C=C\C(=C/CCC)C(=O)n1c2ccccc2c2cc(-c3nn[nH]n3)ccc21. The Bertz CT molecular complexity index is 1200. The minimum Gasteiger partial charge on any atom is -0.276 e. The zero-order valence-electron chi connectivity index (χ0n) is 15.9. The number of hydrogen-bond donors (Lipinski definition) is 1. The first-order valence-corrected chi connectivity index (χ1v) is 9.39. The van der Waals surface area contributed by atoms with Crippen LogP contribution in [0.25, 0.3) is 33.2 Å². The van der Waals surface area contributed by atoms with E-state index in [1.165, 1.54) is 0 Å². The number of fused-ring (bicyclic) bond motifs is 3. The van der Waals surface area contributed by atoms with Gasteiger partial charge in [-0.15, -0.1) is 10.2 Å². The van der Waals surface area contributed by atoms with Crippen molar-refractivity contribution < 1.29 is 4.79 Å². The molecule has 0 fully saturated rings. The number of tetrazole rings is 1. The fourth-order valence-electron chi connectivity index (χ4n) is 3.45.